The van der Waals surface area contributed by atoms with Gasteiger partial charge in [-0.15, -0.1) is 0 Å². The van der Waals surface area contributed by atoms with Crippen molar-refractivity contribution in [1.82, 2.24) is 4.98 Å². The van der Waals surface area contributed by atoms with Crippen LogP contribution in [0.25, 0.3) is 0 Å². The third kappa shape index (κ3) is 3.42. The van der Waals surface area contributed by atoms with E-state index in [-0.39, 0.29) is 24.3 Å². The van der Waals surface area contributed by atoms with Crippen molar-refractivity contribution in [3.63, 3.8) is 0 Å². The molecule has 1 aliphatic heterocycles. The van der Waals surface area contributed by atoms with E-state index in [0.29, 0.717) is 0 Å². The first kappa shape index (κ1) is 15.1. The minimum absolute atomic E-state index is 0.0477. The lowest BCUT2D eigenvalue weighted by Gasteiger charge is -2.22. The Morgan fingerprint density at radius 3 is 2.35 bits per heavy atom. The van der Waals surface area contributed by atoms with Gasteiger partial charge in [0, 0.05) is 0 Å². The van der Waals surface area contributed by atoms with Gasteiger partial charge in [0.05, 0.1) is 16.8 Å². The summed E-state index contributed by atoms with van der Waals surface area (Å²) in [5.41, 5.74) is -0.458. The number of sulfonamides is 1. The molecule has 1 aromatic heterocycles. The number of hydrogen-bond donors (Lipinski definition) is 1. The van der Waals surface area contributed by atoms with Crippen LogP contribution in [0.2, 0.25) is 0 Å². The third-order valence-electron chi connectivity index (χ3n) is 3.01. The van der Waals surface area contributed by atoms with E-state index in [1.165, 1.54) is 0 Å². The Kier molecular flexibility index (Phi) is 3.96. The molecule has 20 heavy (non-hydrogen) atoms. The summed E-state index contributed by atoms with van der Waals surface area (Å²) in [6, 6.07) is 1.75. The predicted molar refractivity (Wildman–Crippen MR) is 68.4 cm³/mol. The maximum Gasteiger partial charge on any atom is 0.239 e. The number of sulfone groups is 1. The fourth-order valence-electron chi connectivity index (χ4n) is 1.90. The maximum absolute atomic E-state index is 13.3. The summed E-state index contributed by atoms with van der Waals surface area (Å²) in [5.74, 6) is -2.77. The molecule has 0 spiro atoms. The summed E-state index contributed by atoms with van der Waals surface area (Å²) in [7, 11) is -7.13. The Hall–Kier alpha value is -1.29. The van der Waals surface area contributed by atoms with Crippen molar-refractivity contribution in [2.45, 2.75) is 18.1 Å². The van der Waals surface area contributed by atoms with Crippen LogP contribution in [0.4, 0.5) is 14.5 Å². The second-order valence-electron chi connectivity index (χ2n) is 4.47. The zero-order chi connectivity index (χ0) is 15.0. The molecule has 1 aromatic rings. The zero-order valence-corrected chi connectivity index (χ0v) is 11.8. The van der Waals surface area contributed by atoms with E-state index in [9.17, 15) is 25.6 Å². The molecule has 0 aromatic carbocycles. The average Bonchev–Trinajstić information content (AvgIpc) is 2.32. The van der Waals surface area contributed by atoms with Crippen LogP contribution in [-0.4, -0.2) is 38.6 Å². The van der Waals surface area contributed by atoms with Crippen molar-refractivity contribution < 1.29 is 25.6 Å². The van der Waals surface area contributed by atoms with E-state index in [1.807, 2.05) is 4.72 Å². The highest BCUT2D eigenvalue weighted by Crippen LogP contribution is 2.22. The lowest BCUT2D eigenvalue weighted by Crippen LogP contribution is -2.36. The first-order valence-electron chi connectivity index (χ1n) is 5.74. The Labute approximate surface area is 115 Å². The summed E-state index contributed by atoms with van der Waals surface area (Å²) >= 11 is 0. The highest BCUT2D eigenvalue weighted by Gasteiger charge is 2.33. The molecular formula is C10H12F2N2O4S2. The molecule has 1 fully saturated rings. The van der Waals surface area contributed by atoms with Gasteiger partial charge < -0.3 is 0 Å². The highest BCUT2D eigenvalue weighted by molar-refractivity contribution is 7.94. The Bertz CT molecular complexity index is 705. The molecule has 112 valence electrons. The molecule has 2 rings (SSSR count). The molecule has 2 heterocycles. The second kappa shape index (κ2) is 5.24. The predicted octanol–water partition coefficient (Wildman–Crippen LogP) is 0.679. The molecule has 0 radical (unpaired) electrons. The number of pyridine rings is 1. The standard InChI is InChI=1S/C10H12F2N2O4S2/c11-9-2-1-8(10(12)13-9)14-20(17,18)7-3-5-19(15,16)6-4-7/h1-2,7,14H,3-6H2. The van der Waals surface area contributed by atoms with Crippen LogP contribution in [0.5, 0.6) is 0 Å². The molecule has 0 unspecified atom stereocenters. The quantitative estimate of drug-likeness (QED) is 0.825. The number of halogens is 2. The molecular weight excluding hydrogens is 314 g/mol. The molecule has 0 amide bonds. The molecule has 1 aliphatic rings. The number of aromatic nitrogens is 1. The van der Waals surface area contributed by atoms with Gasteiger partial charge in [0.2, 0.25) is 21.9 Å². The van der Waals surface area contributed by atoms with Crippen molar-refractivity contribution >= 4 is 25.5 Å². The summed E-state index contributed by atoms with van der Waals surface area (Å²) in [5, 5.41) is -0.921. The van der Waals surface area contributed by atoms with Gasteiger partial charge in [0.25, 0.3) is 0 Å². The van der Waals surface area contributed by atoms with E-state index in [4.69, 9.17) is 0 Å². The molecule has 10 heteroatoms. The summed E-state index contributed by atoms with van der Waals surface area (Å²) < 4.78 is 74.4. The van der Waals surface area contributed by atoms with Crippen molar-refractivity contribution in [3.05, 3.63) is 24.0 Å². The van der Waals surface area contributed by atoms with E-state index in [0.717, 1.165) is 12.1 Å². The third-order valence-corrected chi connectivity index (χ3v) is 6.58. The van der Waals surface area contributed by atoms with Crippen LogP contribution in [0.15, 0.2) is 12.1 Å². The fraction of sp³-hybridized carbons (Fsp3) is 0.500. The first-order chi connectivity index (χ1) is 9.20. The van der Waals surface area contributed by atoms with Crippen LogP contribution in [-0.2, 0) is 19.9 Å². The van der Waals surface area contributed by atoms with Gasteiger partial charge in [0.1, 0.15) is 15.5 Å². The van der Waals surface area contributed by atoms with Gasteiger partial charge in [-0.1, -0.05) is 0 Å². The number of nitrogens with one attached hydrogen (secondary N) is 1. The minimum Gasteiger partial charge on any atom is -0.279 e. The lowest BCUT2D eigenvalue weighted by molar-refractivity contribution is 0.514. The van der Waals surface area contributed by atoms with Crippen LogP contribution in [0.3, 0.4) is 0 Å². The Morgan fingerprint density at radius 2 is 1.80 bits per heavy atom. The smallest absolute Gasteiger partial charge is 0.239 e. The number of hydrogen-bond acceptors (Lipinski definition) is 5. The number of nitrogens with zero attached hydrogens (tertiary/aromatic N) is 1. The van der Waals surface area contributed by atoms with Crippen molar-refractivity contribution in [2.75, 3.05) is 16.2 Å². The summed E-state index contributed by atoms with van der Waals surface area (Å²) in [6.07, 6.45) is -0.0954. The zero-order valence-electron chi connectivity index (χ0n) is 10.2. The van der Waals surface area contributed by atoms with Gasteiger partial charge >= 0.3 is 0 Å². The van der Waals surface area contributed by atoms with Gasteiger partial charge in [-0.25, -0.2) is 16.8 Å². The van der Waals surface area contributed by atoms with Crippen LogP contribution >= 0.6 is 0 Å². The molecule has 1 saturated heterocycles. The van der Waals surface area contributed by atoms with Crippen LogP contribution in [0.1, 0.15) is 12.8 Å². The molecule has 1 N–H and O–H groups in total. The van der Waals surface area contributed by atoms with Crippen molar-refractivity contribution in [2.24, 2.45) is 0 Å². The SMILES string of the molecule is O=S1(=O)CCC(S(=O)(=O)Nc2ccc(F)nc2F)CC1. The molecule has 0 saturated carbocycles. The van der Waals surface area contributed by atoms with Crippen LogP contribution < -0.4 is 4.72 Å². The topological polar surface area (TPSA) is 93.2 Å². The molecule has 0 bridgehead atoms. The first-order valence-corrected chi connectivity index (χ1v) is 9.10. The van der Waals surface area contributed by atoms with Gasteiger partial charge in [0.15, 0.2) is 0 Å². The van der Waals surface area contributed by atoms with Crippen molar-refractivity contribution in [1.29, 1.82) is 0 Å². The number of anilines is 1. The van der Waals surface area contributed by atoms with Crippen LogP contribution in [0, 0.1) is 11.9 Å². The Morgan fingerprint density at radius 1 is 1.20 bits per heavy atom. The van der Waals surface area contributed by atoms with E-state index in [1.54, 1.807) is 0 Å². The average molecular weight is 326 g/mol. The second-order valence-corrected chi connectivity index (χ2v) is 8.74. The summed E-state index contributed by atoms with van der Waals surface area (Å²) in [4.78, 5) is 2.87. The molecule has 0 atom stereocenters. The largest absolute Gasteiger partial charge is 0.279 e. The lowest BCUT2D eigenvalue weighted by atomic mass is 10.2. The van der Waals surface area contributed by atoms with Crippen molar-refractivity contribution in [3.8, 4) is 0 Å². The van der Waals surface area contributed by atoms with E-state index >= 15 is 0 Å². The van der Waals surface area contributed by atoms with Gasteiger partial charge in [-0.05, 0) is 25.0 Å². The maximum atomic E-state index is 13.3. The highest BCUT2D eigenvalue weighted by atomic mass is 32.2. The summed E-state index contributed by atoms with van der Waals surface area (Å²) in [6.45, 7) is 0. The van der Waals surface area contributed by atoms with Gasteiger partial charge in [-0.3, -0.25) is 4.72 Å². The van der Waals surface area contributed by atoms with E-state index in [2.05, 4.69) is 4.98 Å². The Balaban J connectivity index is 2.16. The molecule has 0 aliphatic carbocycles. The van der Waals surface area contributed by atoms with Gasteiger partial charge in [-0.2, -0.15) is 13.8 Å². The minimum atomic E-state index is -3.94. The fourth-order valence-corrected chi connectivity index (χ4v) is 5.18. The normalized spacial score (nSPS) is 19.7. The van der Waals surface area contributed by atoms with E-state index < -0.39 is 42.7 Å². The monoisotopic (exact) mass is 326 g/mol. The molecule has 6 nitrogen and oxygen atoms in total. The number of rotatable bonds is 3.